The number of rotatable bonds is 7. The van der Waals surface area contributed by atoms with Crippen LogP contribution < -0.4 is 5.32 Å². The number of nitrogens with one attached hydrogen (secondary N) is 1. The lowest BCUT2D eigenvalue weighted by molar-refractivity contribution is -0.121. The first kappa shape index (κ1) is 13.6. The fourth-order valence-corrected chi connectivity index (χ4v) is 1.59. The molecule has 1 aromatic rings. The Morgan fingerprint density at radius 1 is 1.53 bits per heavy atom. The summed E-state index contributed by atoms with van der Waals surface area (Å²) in [6.45, 7) is 2.00. The zero-order chi connectivity index (χ0) is 12.5. The van der Waals surface area contributed by atoms with Crippen molar-refractivity contribution in [2.24, 2.45) is 0 Å². The van der Waals surface area contributed by atoms with Crippen molar-refractivity contribution in [2.75, 3.05) is 6.61 Å². The second-order valence-electron chi connectivity index (χ2n) is 4.16. The standard InChI is InChI=1S/C13H20N2O2/c1-11(8-10-16)15-13(17)7-4-6-12-5-2-3-9-14-12/h2-3,5,9,11,16H,4,6-8,10H2,1H3,(H,15,17). The fraction of sp³-hybridized carbons (Fsp3) is 0.538. The Hall–Kier alpha value is -1.42. The lowest BCUT2D eigenvalue weighted by atomic mass is 10.1. The van der Waals surface area contributed by atoms with Crippen molar-refractivity contribution in [1.82, 2.24) is 10.3 Å². The van der Waals surface area contributed by atoms with Crippen molar-refractivity contribution >= 4 is 5.91 Å². The predicted octanol–water partition coefficient (Wildman–Crippen LogP) is 1.29. The summed E-state index contributed by atoms with van der Waals surface area (Å²) < 4.78 is 0. The molecule has 0 spiro atoms. The van der Waals surface area contributed by atoms with E-state index in [0.29, 0.717) is 12.8 Å². The van der Waals surface area contributed by atoms with E-state index in [4.69, 9.17) is 5.11 Å². The van der Waals surface area contributed by atoms with Gasteiger partial charge in [-0.05, 0) is 38.3 Å². The minimum Gasteiger partial charge on any atom is -0.396 e. The van der Waals surface area contributed by atoms with Crippen molar-refractivity contribution in [3.63, 3.8) is 0 Å². The molecule has 0 saturated carbocycles. The van der Waals surface area contributed by atoms with Crippen LogP contribution in [0.5, 0.6) is 0 Å². The first-order valence-electron chi connectivity index (χ1n) is 6.02. The van der Waals surface area contributed by atoms with Gasteiger partial charge in [0.25, 0.3) is 0 Å². The van der Waals surface area contributed by atoms with Gasteiger partial charge in [0, 0.05) is 31.0 Å². The van der Waals surface area contributed by atoms with E-state index < -0.39 is 0 Å². The minimum atomic E-state index is 0.0434. The van der Waals surface area contributed by atoms with Gasteiger partial charge in [-0.15, -0.1) is 0 Å². The summed E-state index contributed by atoms with van der Waals surface area (Å²) in [5.74, 6) is 0.0434. The van der Waals surface area contributed by atoms with Crippen molar-refractivity contribution < 1.29 is 9.90 Å². The largest absolute Gasteiger partial charge is 0.396 e. The molecule has 0 radical (unpaired) electrons. The van der Waals surface area contributed by atoms with Gasteiger partial charge in [0.15, 0.2) is 0 Å². The van der Waals surface area contributed by atoms with Gasteiger partial charge in [0.05, 0.1) is 0 Å². The number of aromatic nitrogens is 1. The number of amides is 1. The van der Waals surface area contributed by atoms with Crippen LogP contribution in [-0.4, -0.2) is 28.6 Å². The number of aliphatic hydroxyl groups excluding tert-OH is 1. The molecule has 4 heteroatoms. The first-order chi connectivity index (χ1) is 8.22. The smallest absolute Gasteiger partial charge is 0.220 e. The van der Waals surface area contributed by atoms with Crippen LogP contribution >= 0.6 is 0 Å². The van der Waals surface area contributed by atoms with E-state index in [9.17, 15) is 4.79 Å². The van der Waals surface area contributed by atoms with Crippen molar-refractivity contribution in [1.29, 1.82) is 0 Å². The van der Waals surface area contributed by atoms with Gasteiger partial charge in [0.2, 0.25) is 5.91 Å². The second kappa shape index (κ2) is 7.79. The number of nitrogens with zero attached hydrogens (tertiary/aromatic N) is 1. The molecular formula is C13H20N2O2. The normalized spacial score (nSPS) is 12.1. The summed E-state index contributed by atoms with van der Waals surface area (Å²) in [5.41, 5.74) is 1.02. The Labute approximate surface area is 102 Å². The maximum atomic E-state index is 11.5. The van der Waals surface area contributed by atoms with Crippen molar-refractivity contribution in [3.8, 4) is 0 Å². The molecule has 2 N–H and O–H groups in total. The average Bonchev–Trinajstić information content (AvgIpc) is 2.30. The molecule has 0 fully saturated rings. The summed E-state index contributed by atoms with van der Waals surface area (Å²) in [6.07, 6.45) is 4.49. The Morgan fingerprint density at radius 3 is 3.00 bits per heavy atom. The molecule has 1 rings (SSSR count). The van der Waals surface area contributed by atoms with Gasteiger partial charge in [-0.1, -0.05) is 6.07 Å². The molecule has 1 unspecified atom stereocenters. The van der Waals surface area contributed by atoms with Crippen molar-refractivity contribution in [3.05, 3.63) is 30.1 Å². The second-order valence-corrected chi connectivity index (χ2v) is 4.16. The SMILES string of the molecule is CC(CCO)NC(=O)CCCc1ccccn1. The number of pyridine rings is 1. The highest BCUT2D eigenvalue weighted by atomic mass is 16.3. The van der Waals surface area contributed by atoms with Crippen LogP contribution in [0.15, 0.2) is 24.4 Å². The van der Waals surface area contributed by atoms with Crippen LogP contribution in [0.3, 0.4) is 0 Å². The van der Waals surface area contributed by atoms with Crippen LogP contribution in [-0.2, 0) is 11.2 Å². The number of aryl methyl sites for hydroxylation is 1. The molecule has 1 atom stereocenters. The fourth-order valence-electron chi connectivity index (χ4n) is 1.59. The van der Waals surface area contributed by atoms with Crippen LogP contribution in [0.25, 0.3) is 0 Å². The minimum absolute atomic E-state index is 0.0434. The summed E-state index contributed by atoms with van der Waals surface area (Å²) in [4.78, 5) is 15.7. The molecule has 0 saturated heterocycles. The Bertz CT molecular complexity index is 327. The highest BCUT2D eigenvalue weighted by Gasteiger charge is 2.06. The Morgan fingerprint density at radius 2 is 2.35 bits per heavy atom. The molecule has 94 valence electrons. The van der Waals surface area contributed by atoms with Gasteiger partial charge in [-0.2, -0.15) is 0 Å². The lowest BCUT2D eigenvalue weighted by Crippen LogP contribution is -2.33. The number of aliphatic hydroxyl groups is 1. The number of hydrogen-bond acceptors (Lipinski definition) is 3. The van der Waals surface area contributed by atoms with Crippen LogP contribution in [0.1, 0.15) is 31.9 Å². The van der Waals surface area contributed by atoms with Gasteiger partial charge in [-0.3, -0.25) is 9.78 Å². The van der Waals surface area contributed by atoms with Crippen LogP contribution in [0.4, 0.5) is 0 Å². The quantitative estimate of drug-likeness (QED) is 0.750. The molecule has 1 heterocycles. The number of carbonyl (C=O) groups excluding carboxylic acids is 1. The molecule has 0 aromatic carbocycles. The third-order valence-electron chi connectivity index (χ3n) is 2.53. The van der Waals surface area contributed by atoms with Crippen LogP contribution in [0.2, 0.25) is 0 Å². The maximum Gasteiger partial charge on any atom is 0.220 e. The molecule has 1 amide bonds. The number of carbonyl (C=O) groups is 1. The molecule has 0 bridgehead atoms. The van der Waals surface area contributed by atoms with E-state index in [1.165, 1.54) is 0 Å². The molecule has 1 aromatic heterocycles. The third-order valence-corrected chi connectivity index (χ3v) is 2.53. The summed E-state index contributed by atoms with van der Waals surface area (Å²) >= 11 is 0. The summed E-state index contributed by atoms with van der Waals surface area (Å²) in [5, 5.41) is 11.6. The zero-order valence-corrected chi connectivity index (χ0v) is 10.2. The van der Waals surface area contributed by atoms with E-state index in [1.807, 2.05) is 25.1 Å². The first-order valence-corrected chi connectivity index (χ1v) is 6.02. The topological polar surface area (TPSA) is 62.2 Å². The van der Waals surface area contributed by atoms with E-state index in [0.717, 1.165) is 18.5 Å². The van der Waals surface area contributed by atoms with Gasteiger partial charge in [0.1, 0.15) is 0 Å². The van der Waals surface area contributed by atoms with Crippen LogP contribution in [0, 0.1) is 0 Å². The zero-order valence-electron chi connectivity index (χ0n) is 10.2. The predicted molar refractivity (Wildman–Crippen MR) is 66.5 cm³/mol. The highest BCUT2D eigenvalue weighted by molar-refractivity contribution is 5.76. The molecule has 17 heavy (non-hydrogen) atoms. The Balaban J connectivity index is 2.16. The number of hydrogen-bond donors (Lipinski definition) is 2. The third kappa shape index (κ3) is 6.02. The average molecular weight is 236 g/mol. The molecular weight excluding hydrogens is 216 g/mol. The monoisotopic (exact) mass is 236 g/mol. The van der Waals surface area contributed by atoms with Crippen molar-refractivity contribution in [2.45, 2.75) is 38.6 Å². The van der Waals surface area contributed by atoms with Gasteiger partial charge < -0.3 is 10.4 Å². The molecule has 0 aliphatic rings. The van der Waals surface area contributed by atoms with E-state index in [2.05, 4.69) is 10.3 Å². The lowest BCUT2D eigenvalue weighted by Gasteiger charge is -2.11. The summed E-state index contributed by atoms with van der Waals surface area (Å²) in [7, 11) is 0. The molecule has 4 nitrogen and oxygen atoms in total. The summed E-state index contributed by atoms with van der Waals surface area (Å²) in [6, 6.07) is 5.84. The maximum absolute atomic E-state index is 11.5. The van der Waals surface area contributed by atoms with Gasteiger partial charge >= 0.3 is 0 Å². The molecule has 0 aliphatic heterocycles. The van der Waals surface area contributed by atoms with E-state index in [1.54, 1.807) is 6.20 Å². The Kier molecular flexibility index (Phi) is 6.25. The molecule has 0 aliphatic carbocycles. The van der Waals surface area contributed by atoms with Gasteiger partial charge in [-0.25, -0.2) is 0 Å². The highest BCUT2D eigenvalue weighted by Crippen LogP contribution is 2.01. The van der Waals surface area contributed by atoms with E-state index in [-0.39, 0.29) is 18.6 Å². The van der Waals surface area contributed by atoms with E-state index >= 15 is 0 Å².